The summed E-state index contributed by atoms with van der Waals surface area (Å²) in [5.41, 5.74) is 4.24. The van der Waals surface area contributed by atoms with Crippen LogP contribution in [0.4, 0.5) is 0 Å². The maximum atomic E-state index is 10.6. The predicted octanol–water partition coefficient (Wildman–Crippen LogP) is 2.24. The predicted molar refractivity (Wildman–Crippen MR) is 57.4 cm³/mol. The summed E-state index contributed by atoms with van der Waals surface area (Å²) >= 11 is 0. The van der Waals surface area contributed by atoms with E-state index in [0.717, 1.165) is 37.9 Å². The fourth-order valence-corrected chi connectivity index (χ4v) is 2.90. The molecule has 2 nitrogen and oxygen atoms in total. The van der Waals surface area contributed by atoms with Crippen molar-refractivity contribution in [1.82, 2.24) is 0 Å². The molecule has 3 rings (SSSR count). The zero-order valence-corrected chi connectivity index (χ0v) is 8.66. The van der Waals surface area contributed by atoms with Crippen LogP contribution in [0.3, 0.4) is 0 Å². The minimum Gasteiger partial charge on any atom is -0.493 e. The van der Waals surface area contributed by atoms with E-state index in [2.05, 4.69) is 12.1 Å². The Morgan fingerprint density at radius 3 is 3.20 bits per heavy atom. The summed E-state index contributed by atoms with van der Waals surface area (Å²) in [5, 5.41) is 0. The Balaban J connectivity index is 2.09. The highest BCUT2D eigenvalue weighted by atomic mass is 16.5. The molecule has 1 atom stereocenters. The zero-order chi connectivity index (χ0) is 10.3. The summed E-state index contributed by atoms with van der Waals surface area (Å²) in [6, 6.07) is 4.26. The molecule has 0 saturated carbocycles. The lowest BCUT2D eigenvalue weighted by Gasteiger charge is -2.11. The van der Waals surface area contributed by atoms with E-state index in [-0.39, 0.29) is 0 Å². The number of carbonyl (C=O) groups excluding carboxylic acids is 1. The Hall–Kier alpha value is -1.31. The molecular weight excluding hydrogens is 188 g/mol. The van der Waals surface area contributed by atoms with Gasteiger partial charge in [-0.15, -0.1) is 0 Å². The zero-order valence-electron chi connectivity index (χ0n) is 8.66. The standard InChI is InChI=1S/C13H14O2/c14-7-5-10-2-1-9-3-4-12-11(13(9)10)6-8-15-12/h3-4,7,10H,1-2,5-6,8H2/t10-/m1/s1. The van der Waals surface area contributed by atoms with Crippen molar-refractivity contribution < 1.29 is 9.53 Å². The number of hydrogen-bond donors (Lipinski definition) is 0. The summed E-state index contributed by atoms with van der Waals surface area (Å²) in [7, 11) is 0. The van der Waals surface area contributed by atoms with Crippen LogP contribution in [0, 0.1) is 0 Å². The number of aldehydes is 1. The van der Waals surface area contributed by atoms with Gasteiger partial charge in [0.05, 0.1) is 6.61 Å². The van der Waals surface area contributed by atoms with Crippen LogP contribution in [-0.4, -0.2) is 12.9 Å². The highest BCUT2D eigenvalue weighted by Gasteiger charge is 2.28. The molecular formula is C13H14O2. The van der Waals surface area contributed by atoms with Crippen LogP contribution in [0.5, 0.6) is 5.75 Å². The quantitative estimate of drug-likeness (QED) is 0.687. The molecule has 2 aliphatic rings. The van der Waals surface area contributed by atoms with Crippen molar-refractivity contribution in [3.63, 3.8) is 0 Å². The topological polar surface area (TPSA) is 26.3 Å². The normalized spacial score (nSPS) is 22.0. The SMILES string of the molecule is O=CC[C@H]1CCc2ccc3c(c21)CCO3. The molecule has 0 amide bonds. The third-order valence-electron chi connectivity index (χ3n) is 3.57. The first-order valence-electron chi connectivity index (χ1n) is 5.61. The highest BCUT2D eigenvalue weighted by Crippen LogP contribution is 2.42. The van der Waals surface area contributed by atoms with Gasteiger partial charge in [0.15, 0.2) is 0 Å². The van der Waals surface area contributed by atoms with Gasteiger partial charge in [0, 0.05) is 18.4 Å². The minimum atomic E-state index is 0.453. The number of fused-ring (bicyclic) bond motifs is 3. The highest BCUT2D eigenvalue weighted by molar-refractivity contribution is 5.57. The third kappa shape index (κ3) is 1.28. The smallest absolute Gasteiger partial charge is 0.122 e. The van der Waals surface area contributed by atoms with E-state index >= 15 is 0 Å². The van der Waals surface area contributed by atoms with E-state index in [1.165, 1.54) is 16.7 Å². The summed E-state index contributed by atoms with van der Waals surface area (Å²) in [6.07, 6.45) is 5.00. The number of benzene rings is 1. The van der Waals surface area contributed by atoms with Gasteiger partial charge in [-0.25, -0.2) is 0 Å². The molecule has 0 radical (unpaired) electrons. The fraction of sp³-hybridized carbons (Fsp3) is 0.462. The number of carbonyl (C=O) groups is 1. The Kier molecular flexibility index (Phi) is 2.01. The average molecular weight is 202 g/mol. The van der Waals surface area contributed by atoms with Crippen LogP contribution in [0.1, 0.15) is 35.4 Å². The van der Waals surface area contributed by atoms with Crippen molar-refractivity contribution >= 4 is 6.29 Å². The second kappa shape index (κ2) is 3.37. The van der Waals surface area contributed by atoms with E-state index < -0.39 is 0 Å². The van der Waals surface area contributed by atoms with Crippen LogP contribution in [-0.2, 0) is 17.6 Å². The largest absolute Gasteiger partial charge is 0.493 e. The maximum absolute atomic E-state index is 10.6. The van der Waals surface area contributed by atoms with Crippen molar-refractivity contribution in [2.75, 3.05) is 6.61 Å². The first kappa shape index (κ1) is 8.96. The van der Waals surface area contributed by atoms with E-state index in [0.29, 0.717) is 12.3 Å². The molecule has 0 bridgehead atoms. The van der Waals surface area contributed by atoms with Crippen LogP contribution in [0.25, 0.3) is 0 Å². The second-order valence-corrected chi connectivity index (χ2v) is 4.35. The summed E-state index contributed by atoms with van der Waals surface area (Å²) < 4.78 is 5.56. The maximum Gasteiger partial charge on any atom is 0.122 e. The van der Waals surface area contributed by atoms with Gasteiger partial charge >= 0.3 is 0 Å². The number of rotatable bonds is 2. The molecule has 0 unspecified atom stereocenters. The van der Waals surface area contributed by atoms with Gasteiger partial charge in [-0.3, -0.25) is 0 Å². The lowest BCUT2D eigenvalue weighted by Crippen LogP contribution is -1.98. The molecule has 1 aromatic carbocycles. The first-order valence-corrected chi connectivity index (χ1v) is 5.61. The molecule has 0 spiro atoms. The minimum absolute atomic E-state index is 0.453. The van der Waals surface area contributed by atoms with Crippen molar-refractivity contribution in [3.8, 4) is 5.75 Å². The van der Waals surface area contributed by atoms with Gasteiger partial charge in [0.2, 0.25) is 0 Å². The van der Waals surface area contributed by atoms with Gasteiger partial charge in [0.1, 0.15) is 12.0 Å². The molecule has 1 aliphatic heterocycles. The molecule has 2 heteroatoms. The molecule has 0 N–H and O–H groups in total. The van der Waals surface area contributed by atoms with Gasteiger partial charge in [0.25, 0.3) is 0 Å². The first-order chi connectivity index (χ1) is 7.40. The van der Waals surface area contributed by atoms with Crippen molar-refractivity contribution in [3.05, 3.63) is 28.8 Å². The van der Waals surface area contributed by atoms with Crippen LogP contribution in [0.15, 0.2) is 12.1 Å². The van der Waals surface area contributed by atoms with Crippen LogP contribution >= 0.6 is 0 Å². The van der Waals surface area contributed by atoms with E-state index in [1.807, 2.05) is 0 Å². The average Bonchev–Trinajstić information content (AvgIpc) is 2.83. The number of ether oxygens (including phenoxy) is 1. The van der Waals surface area contributed by atoms with E-state index in [4.69, 9.17) is 4.74 Å². The van der Waals surface area contributed by atoms with Crippen LogP contribution < -0.4 is 4.74 Å². The molecule has 0 aromatic heterocycles. The molecule has 1 aliphatic carbocycles. The van der Waals surface area contributed by atoms with Gasteiger partial charge < -0.3 is 9.53 Å². The Bertz CT molecular complexity index is 409. The Morgan fingerprint density at radius 2 is 2.33 bits per heavy atom. The molecule has 1 aromatic rings. The molecule has 15 heavy (non-hydrogen) atoms. The summed E-state index contributed by atoms with van der Waals surface area (Å²) in [4.78, 5) is 10.6. The van der Waals surface area contributed by atoms with E-state index in [1.54, 1.807) is 0 Å². The van der Waals surface area contributed by atoms with Crippen molar-refractivity contribution in [1.29, 1.82) is 0 Å². The van der Waals surface area contributed by atoms with Crippen molar-refractivity contribution in [2.24, 2.45) is 0 Å². The van der Waals surface area contributed by atoms with Gasteiger partial charge in [-0.05, 0) is 36.0 Å². The summed E-state index contributed by atoms with van der Waals surface area (Å²) in [5.74, 6) is 1.50. The van der Waals surface area contributed by atoms with Gasteiger partial charge in [-0.1, -0.05) is 6.07 Å². The number of aryl methyl sites for hydroxylation is 1. The molecule has 78 valence electrons. The lowest BCUT2D eigenvalue weighted by molar-refractivity contribution is -0.108. The van der Waals surface area contributed by atoms with Crippen molar-refractivity contribution in [2.45, 2.75) is 31.6 Å². The third-order valence-corrected chi connectivity index (χ3v) is 3.57. The molecule has 1 heterocycles. The molecule has 0 saturated heterocycles. The Morgan fingerprint density at radius 1 is 1.40 bits per heavy atom. The van der Waals surface area contributed by atoms with E-state index in [9.17, 15) is 4.79 Å². The number of hydrogen-bond acceptors (Lipinski definition) is 2. The van der Waals surface area contributed by atoms with Crippen LogP contribution in [0.2, 0.25) is 0 Å². The Labute approximate surface area is 89.2 Å². The fourth-order valence-electron chi connectivity index (χ4n) is 2.90. The van der Waals surface area contributed by atoms with Gasteiger partial charge in [-0.2, -0.15) is 0 Å². The second-order valence-electron chi connectivity index (χ2n) is 4.35. The monoisotopic (exact) mass is 202 g/mol. The summed E-state index contributed by atoms with van der Waals surface area (Å²) in [6.45, 7) is 0.805. The molecule has 0 fully saturated rings. The lowest BCUT2D eigenvalue weighted by atomic mass is 9.92.